The number of rotatable bonds is 5. The highest BCUT2D eigenvalue weighted by Crippen LogP contribution is 2.13. The van der Waals surface area contributed by atoms with Gasteiger partial charge in [0.1, 0.15) is 11.3 Å². The largest absolute Gasteiger partial charge is 0.494 e. The molecule has 0 atom stereocenters. The van der Waals surface area contributed by atoms with Crippen LogP contribution in [-0.4, -0.2) is 17.5 Å². The SMILES string of the molecule is CCOc1cccc(CNC(=O)c2c[nH]ccc2=O)c1. The molecule has 0 radical (unpaired) electrons. The van der Waals surface area contributed by atoms with E-state index in [9.17, 15) is 9.59 Å². The highest BCUT2D eigenvalue weighted by Gasteiger charge is 2.08. The van der Waals surface area contributed by atoms with Crippen LogP contribution in [0.2, 0.25) is 0 Å². The summed E-state index contributed by atoms with van der Waals surface area (Å²) in [4.78, 5) is 26.1. The van der Waals surface area contributed by atoms with Gasteiger partial charge in [0.2, 0.25) is 0 Å². The fourth-order valence-electron chi connectivity index (χ4n) is 1.78. The van der Waals surface area contributed by atoms with Crippen molar-refractivity contribution in [3.8, 4) is 5.75 Å². The van der Waals surface area contributed by atoms with Crippen molar-refractivity contribution >= 4 is 5.91 Å². The van der Waals surface area contributed by atoms with Crippen LogP contribution >= 0.6 is 0 Å². The van der Waals surface area contributed by atoms with E-state index in [2.05, 4.69) is 10.3 Å². The quantitative estimate of drug-likeness (QED) is 0.870. The molecule has 0 fully saturated rings. The van der Waals surface area contributed by atoms with Gasteiger partial charge >= 0.3 is 0 Å². The van der Waals surface area contributed by atoms with Gasteiger partial charge in [-0.25, -0.2) is 0 Å². The number of amides is 1. The molecule has 5 heteroatoms. The maximum atomic E-state index is 11.9. The predicted octanol–water partition coefficient (Wildman–Crippen LogP) is 1.70. The van der Waals surface area contributed by atoms with E-state index in [-0.39, 0.29) is 11.0 Å². The first-order valence-electron chi connectivity index (χ1n) is 6.37. The van der Waals surface area contributed by atoms with Crippen molar-refractivity contribution in [1.82, 2.24) is 10.3 Å². The first kappa shape index (κ1) is 13.9. The Morgan fingerprint density at radius 3 is 2.95 bits per heavy atom. The Morgan fingerprint density at radius 2 is 2.20 bits per heavy atom. The second kappa shape index (κ2) is 6.56. The topological polar surface area (TPSA) is 71.2 Å². The van der Waals surface area contributed by atoms with Crippen molar-refractivity contribution in [3.05, 3.63) is 64.1 Å². The normalized spacial score (nSPS) is 10.1. The van der Waals surface area contributed by atoms with Crippen molar-refractivity contribution in [2.24, 2.45) is 0 Å². The molecule has 1 amide bonds. The molecule has 0 aliphatic carbocycles. The maximum Gasteiger partial charge on any atom is 0.257 e. The van der Waals surface area contributed by atoms with Crippen LogP contribution in [0, 0.1) is 0 Å². The molecule has 2 aromatic rings. The zero-order chi connectivity index (χ0) is 14.4. The lowest BCUT2D eigenvalue weighted by molar-refractivity contribution is 0.0949. The highest BCUT2D eigenvalue weighted by atomic mass is 16.5. The first-order valence-corrected chi connectivity index (χ1v) is 6.37. The summed E-state index contributed by atoms with van der Waals surface area (Å²) in [6.07, 6.45) is 2.89. The average molecular weight is 272 g/mol. The standard InChI is InChI=1S/C15H16N2O3/c1-2-20-12-5-3-4-11(8-12)9-17-15(19)13-10-16-7-6-14(13)18/h3-8,10H,2,9H2,1H3,(H,16,18)(H,17,19). The second-order valence-electron chi connectivity index (χ2n) is 4.19. The molecule has 5 nitrogen and oxygen atoms in total. The summed E-state index contributed by atoms with van der Waals surface area (Å²) >= 11 is 0. The zero-order valence-electron chi connectivity index (χ0n) is 11.2. The van der Waals surface area contributed by atoms with Crippen molar-refractivity contribution in [2.45, 2.75) is 13.5 Å². The third-order valence-corrected chi connectivity index (χ3v) is 2.73. The Kier molecular flexibility index (Phi) is 4.55. The van der Waals surface area contributed by atoms with E-state index in [0.29, 0.717) is 13.2 Å². The van der Waals surface area contributed by atoms with E-state index in [4.69, 9.17) is 4.74 Å². The van der Waals surface area contributed by atoms with Crippen LogP contribution in [0.25, 0.3) is 0 Å². The van der Waals surface area contributed by atoms with Gasteiger partial charge in [0.05, 0.1) is 6.61 Å². The number of carbonyl (C=O) groups is 1. The summed E-state index contributed by atoms with van der Waals surface area (Å²) in [5, 5.41) is 2.71. The molecule has 20 heavy (non-hydrogen) atoms. The van der Waals surface area contributed by atoms with Gasteiger partial charge in [0.25, 0.3) is 5.91 Å². The summed E-state index contributed by atoms with van der Waals surface area (Å²) in [6.45, 7) is 2.85. The number of aromatic amines is 1. The van der Waals surface area contributed by atoms with Crippen LogP contribution in [-0.2, 0) is 6.54 Å². The van der Waals surface area contributed by atoms with Gasteiger partial charge in [0, 0.05) is 25.0 Å². The maximum absolute atomic E-state index is 11.9. The smallest absolute Gasteiger partial charge is 0.257 e. The predicted molar refractivity (Wildman–Crippen MR) is 75.8 cm³/mol. The molecule has 0 unspecified atom stereocenters. The lowest BCUT2D eigenvalue weighted by Crippen LogP contribution is -2.27. The molecule has 0 saturated carbocycles. The van der Waals surface area contributed by atoms with Crippen molar-refractivity contribution in [2.75, 3.05) is 6.61 Å². The lowest BCUT2D eigenvalue weighted by Gasteiger charge is -2.07. The summed E-state index contributed by atoms with van der Waals surface area (Å²) in [5.41, 5.74) is 0.717. The number of ether oxygens (including phenoxy) is 1. The van der Waals surface area contributed by atoms with E-state index >= 15 is 0 Å². The number of aromatic nitrogens is 1. The molecule has 0 spiro atoms. The Labute approximate surface area is 116 Å². The number of pyridine rings is 1. The van der Waals surface area contributed by atoms with Crippen molar-refractivity contribution in [1.29, 1.82) is 0 Å². The van der Waals surface area contributed by atoms with Crippen molar-refractivity contribution < 1.29 is 9.53 Å². The molecule has 1 aromatic carbocycles. The van der Waals surface area contributed by atoms with Gasteiger partial charge in [-0.15, -0.1) is 0 Å². The number of hydrogen-bond acceptors (Lipinski definition) is 3. The summed E-state index contributed by atoms with van der Waals surface area (Å²) in [7, 11) is 0. The van der Waals surface area contributed by atoms with E-state index in [1.54, 1.807) is 0 Å². The average Bonchev–Trinajstić information content (AvgIpc) is 2.46. The molecule has 0 aliphatic rings. The van der Waals surface area contributed by atoms with Gasteiger partial charge in [-0.3, -0.25) is 9.59 Å². The summed E-state index contributed by atoms with van der Waals surface area (Å²) < 4.78 is 5.39. The second-order valence-corrected chi connectivity index (χ2v) is 4.19. The van der Waals surface area contributed by atoms with Crippen LogP contribution in [0.1, 0.15) is 22.8 Å². The van der Waals surface area contributed by atoms with Crippen LogP contribution in [0.5, 0.6) is 5.75 Å². The number of hydrogen-bond donors (Lipinski definition) is 2. The Hall–Kier alpha value is -2.56. The Morgan fingerprint density at radius 1 is 1.35 bits per heavy atom. The summed E-state index contributed by atoms with van der Waals surface area (Å²) in [6, 6.07) is 8.79. The Balaban J connectivity index is 2.02. The molecule has 1 aromatic heterocycles. The zero-order valence-corrected chi connectivity index (χ0v) is 11.2. The van der Waals surface area contributed by atoms with E-state index in [0.717, 1.165) is 11.3 Å². The van der Waals surface area contributed by atoms with Crippen LogP contribution in [0.15, 0.2) is 47.5 Å². The number of benzene rings is 1. The number of nitrogens with one attached hydrogen (secondary N) is 2. The highest BCUT2D eigenvalue weighted by molar-refractivity contribution is 5.93. The molecule has 2 N–H and O–H groups in total. The fraction of sp³-hybridized carbons (Fsp3) is 0.200. The van der Waals surface area contributed by atoms with Gasteiger partial charge in [-0.1, -0.05) is 12.1 Å². The third-order valence-electron chi connectivity index (χ3n) is 2.73. The van der Waals surface area contributed by atoms with E-state index in [1.807, 2.05) is 31.2 Å². The minimum Gasteiger partial charge on any atom is -0.494 e. The van der Waals surface area contributed by atoms with Crippen LogP contribution in [0.4, 0.5) is 0 Å². The molecule has 2 rings (SSSR count). The molecule has 0 aliphatic heterocycles. The lowest BCUT2D eigenvalue weighted by atomic mass is 10.2. The molecule has 104 valence electrons. The minimum atomic E-state index is -0.395. The minimum absolute atomic E-state index is 0.105. The van der Waals surface area contributed by atoms with Gasteiger partial charge in [-0.2, -0.15) is 0 Å². The molecule has 0 saturated heterocycles. The van der Waals surface area contributed by atoms with Gasteiger partial charge < -0.3 is 15.0 Å². The van der Waals surface area contributed by atoms with E-state index in [1.165, 1.54) is 18.5 Å². The van der Waals surface area contributed by atoms with Crippen molar-refractivity contribution in [3.63, 3.8) is 0 Å². The van der Waals surface area contributed by atoms with Gasteiger partial charge in [0.15, 0.2) is 5.43 Å². The van der Waals surface area contributed by atoms with E-state index < -0.39 is 5.91 Å². The number of H-pyrrole nitrogens is 1. The van der Waals surface area contributed by atoms with Crippen LogP contribution in [0.3, 0.4) is 0 Å². The molecule has 1 heterocycles. The third kappa shape index (κ3) is 3.47. The monoisotopic (exact) mass is 272 g/mol. The van der Waals surface area contributed by atoms with Gasteiger partial charge in [-0.05, 0) is 24.6 Å². The summed E-state index contributed by atoms with van der Waals surface area (Å²) in [5.74, 6) is 0.366. The first-order chi connectivity index (χ1) is 9.70. The number of carbonyl (C=O) groups excluding carboxylic acids is 1. The molecular formula is C15H16N2O3. The fourth-order valence-corrected chi connectivity index (χ4v) is 1.78. The molecule has 0 bridgehead atoms. The Bertz CT molecular complexity index is 649. The van der Waals surface area contributed by atoms with Crippen LogP contribution < -0.4 is 15.5 Å². The molecular weight excluding hydrogens is 256 g/mol.